The predicted octanol–water partition coefficient (Wildman–Crippen LogP) is 1.15. The van der Waals surface area contributed by atoms with Gasteiger partial charge in [-0.2, -0.15) is 0 Å². The van der Waals surface area contributed by atoms with Crippen LogP contribution in [0.15, 0.2) is 30.3 Å². The average molecular weight is 222 g/mol. The summed E-state index contributed by atoms with van der Waals surface area (Å²) in [7, 11) is 0. The van der Waals surface area contributed by atoms with Gasteiger partial charge in [-0.05, 0) is 5.56 Å². The van der Waals surface area contributed by atoms with E-state index in [0.717, 1.165) is 5.56 Å². The van der Waals surface area contributed by atoms with Crippen LogP contribution in [-0.4, -0.2) is 32.1 Å². The summed E-state index contributed by atoms with van der Waals surface area (Å²) in [5.41, 5.74) is 0.934. The van der Waals surface area contributed by atoms with E-state index in [9.17, 15) is 4.79 Å². The number of hydrogen-bond donors (Lipinski definition) is 0. The van der Waals surface area contributed by atoms with Crippen LogP contribution in [0.1, 0.15) is 5.56 Å². The molecule has 0 aliphatic carbocycles. The second-order valence-electron chi connectivity index (χ2n) is 3.53. The molecule has 4 nitrogen and oxygen atoms in total. The Balaban J connectivity index is 1.80. The van der Waals surface area contributed by atoms with Crippen molar-refractivity contribution in [2.75, 3.05) is 19.8 Å². The zero-order chi connectivity index (χ0) is 11.2. The van der Waals surface area contributed by atoms with E-state index >= 15 is 0 Å². The smallest absolute Gasteiger partial charge is 0.312 e. The van der Waals surface area contributed by atoms with Crippen LogP contribution in [0.5, 0.6) is 0 Å². The number of benzene rings is 1. The summed E-state index contributed by atoms with van der Waals surface area (Å²) in [6, 6.07) is 9.47. The molecular weight excluding hydrogens is 208 g/mol. The molecule has 0 N–H and O–H groups in total. The van der Waals surface area contributed by atoms with Gasteiger partial charge in [0.05, 0.1) is 19.6 Å². The Bertz CT molecular complexity index is 330. The third-order valence-corrected chi connectivity index (χ3v) is 2.24. The topological polar surface area (TPSA) is 44.8 Å². The lowest BCUT2D eigenvalue weighted by Crippen LogP contribution is -2.33. The fourth-order valence-electron chi connectivity index (χ4n) is 1.49. The van der Waals surface area contributed by atoms with E-state index in [-0.39, 0.29) is 12.4 Å². The summed E-state index contributed by atoms with van der Waals surface area (Å²) in [6.45, 7) is 1.36. The molecule has 1 fully saturated rings. The Kier molecular flexibility index (Phi) is 3.91. The molecule has 0 bridgehead atoms. The van der Waals surface area contributed by atoms with Crippen LogP contribution >= 0.6 is 0 Å². The van der Waals surface area contributed by atoms with Gasteiger partial charge in [-0.25, -0.2) is 0 Å². The molecular formula is C12H14O4. The van der Waals surface area contributed by atoms with Crippen molar-refractivity contribution in [3.63, 3.8) is 0 Å². The maximum atomic E-state index is 11.5. The SMILES string of the molecule is O=C(Cc1ccccc1)OC1COCCO1. The Labute approximate surface area is 94.1 Å². The van der Waals surface area contributed by atoms with Crippen molar-refractivity contribution in [3.05, 3.63) is 35.9 Å². The summed E-state index contributed by atoms with van der Waals surface area (Å²) >= 11 is 0. The Morgan fingerprint density at radius 1 is 1.31 bits per heavy atom. The lowest BCUT2D eigenvalue weighted by Gasteiger charge is -2.22. The third-order valence-electron chi connectivity index (χ3n) is 2.24. The molecule has 4 heteroatoms. The fraction of sp³-hybridized carbons (Fsp3) is 0.417. The minimum absolute atomic E-state index is 0.265. The first-order chi connectivity index (χ1) is 7.84. The van der Waals surface area contributed by atoms with Gasteiger partial charge in [0.15, 0.2) is 0 Å². The van der Waals surface area contributed by atoms with Gasteiger partial charge in [0.1, 0.15) is 6.61 Å². The lowest BCUT2D eigenvalue weighted by molar-refractivity contribution is -0.213. The monoisotopic (exact) mass is 222 g/mol. The standard InChI is InChI=1S/C12H14O4/c13-11(8-10-4-2-1-3-5-10)16-12-9-14-6-7-15-12/h1-5,12H,6-9H2. The quantitative estimate of drug-likeness (QED) is 0.719. The van der Waals surface area contributed by atoms with Gasteiger partial charge in [0.2, 0.25) is 6.29 Å². The normalized spacial score (nSPS) is 20.4. The number of carbonyl (C=O) groups is 1. The van der Waals surface area contributed by atoms with E-state index in [2.05, 4.69) is 0 Å². The number of hydrogen-bond acceptors (Lipinski definition) is 4. The first-order valence-electron chi connectivity index (χ1n) is 5.27. The number of ether oxygens (including phenoxy) is 3. The van der Waals surface area contributed by atoms with Crippen LogP contribution < -0.4 is 0 Å². The van der Waals surface area contributed by atoms with Crippen molar-refractivity contribution >= 4 is 5.97 Å². The second-order valence-corrected chi connectivity index (χ2v) is 3.53. The highest BCUT2D eigenvalue weighted by atomic mass is 16.7. The zero-order valence-electron chi connectivity index (χ0n) is 8.93. The summed E-state index contributed by atoms with van der Waals surface area (Å²) in [5, 5.41) is 0. The molecule has 1 aliphatic rings. The van der Waals surface area contributed by atoms with E-state index in [1.54, 1.807) is 0 Å². The highest BCUT2D eigenvalue weighted by Crippen LogP contribution is 2.06. The van der Waals surface area contributed by atoms with Gasteiger partial charge >= 0.3 is 5.97 Å². The summed E-state index contributed by atoms with van der Waals surface area (Å²) in [5.74, 6) is -0.290. The number of rotatable bonds is 3. The van der Waals surface area contributed by atoms with Crippen LogP contribution in [0.2, 0.25) is 0 Å². The molecule has 0 aromatic heterocycles. The maximum absolute atomic E-state index is 11.5. The van der Waals surface area contributed by atoms with Gasteiger partial charge in [-0.1, -0.05) is 30.3 Å². The molecule has 1 unspecified atom stereocenters. The van der Waals surface area contributed by atoms with Crippen molar-refractivity contribution < 1.29 is 19.0 Å². The molecule has 1 atom stereocenters. The third kappa shape index (κ3) is 3.32. The molecule has 1 heterocycles. The van der Waals surface area contributed by atoms with Crippen molar-refractivity contribution in [1.29, 1.82) is 0 Å². The average Bonchev–Trinajstić information content (AvgIpc) is 2.31. The van der Waals surface area contributed by atoms with Crippen molar-refractivity contribution in [1.82, 2.24) is 0 Å². The molecule has 16 heavy (non-hydrogen) atoms. The van der Waals surface area contributed by atoms with Gasteiger partial charge in [-0.3, -0.25) is 4.79 Å². The molecule has 86 valence electrons. The lowest BCUT2D eigenvalue weighted by atomic mass is 10.2. The van der Waals surface area contributed by atoms with Crippen LogP contribution in [0.4, 0.5) is 0 Å². The number of esters is 1. The van der Waals surface area contributed by atoms with Gasteiger partial charge in [-0.15, -0.1) is 0 Å². The van der Waals surface area contributed by atoms with E-state index in [1.165, 1.54) is 0 Å². The summed E-state index contributed by atoms with van der Waals surface area (Å²) < 4.78 is 15.5. The van der Waals surface area contributed by atoms with Crippen LogP contribution in [-0.2, 0) is 25.4 Å². The molecule has 0 amide bonds. The van der Waals surface area contributed by atoms with Crippen molar-refractivity contribution in [2.24, 2.45) is 0 Å². The minimum atomic E-state index is -0.551. The van der Waals surface area contributed by atoms with Crippen LogP contribution in [0.3, 0.4) is 0 Å². The van der Waals surface area contributed by atoms with E-state index in [4.69, 9.17) is 14.2 Å². The Morgan fingerprint density at radius 2 is 2.12 bits per heavy atom. The minimum Gasteiger partial charge on any atom is -0.433 e. The van der Waals surface area contributed by atoms with Gasteiger partial charge in [0, 0.05) is 0 Å². The summed E-state index contributed by atoms with van der Waals surface area (Å²) in [6.07, 6.45) is -0.286. The Hall–Kier alpha value is -1.39. The molecule has 2 rings (SSSR count). The largest absolute Gasteiger partial charge is 0.433 e. The van der Waals surface area contributed by atoms with Crippen molar-refractivity contribution in [2.45, 2.75) is 12.7 Å². The predicted molar refractivity (Wildman–Crippen MR) is 56.8 cm³/mol. The first kappa shape index (κ1) is 11.1. The van der Waals surface area contributed by atoms with Crippen molar-refractivity contribution in [3.8, 4) is 0 Å². The molecule has 1 aromatic carbocycles. The van der Waals surface area contributed by atoms with Gasteiger partial charge in [0.25, 0.3) is 0 Å². The summed E-state index contributed by atoms with van der Waals surface area (Å²) in [4.78, 5) is 11.5. The molecule has 0 radical (unpaired) electrons. The highest BCUT2D eigenvalue weighted by Gasteiger charge is 2.18. The molecule has 1 aliphatic heterocycles. The molecule has 1 saturated heterocycles. The fourth-order valence-corrected chi connectivity index (χ4v) is 1.49. The zero-order valence-corrected chi connectivity index (χ0v) is 8.93. The number of carbonyl (C=O) groups excluding carboxylic acids is 1. The maximum Gasteiger partial charge on any atom is 0.312 e. The molecule has 1 aromatic rings. The van der Waals surface area contributed by atoms with Crippen LogP contribution in [0.25, 0.3) is 0 Å². The molecule has 0 saturated carbocycles. The second kappa shape index (κ2) is 5.63. The van der Waals surface area contributed by atoms with E-state index in [1.807, 2.05) is 30.3 Å². The van der Waals surface area contributed by atoms with E-state index in [0.29, 0.717) is 19.8 Å². The van der Waals surface area contributed by atoms with E-state index < -0.39 is 6.29 Å². The van der Waals surface area contributed by atoms with Crippen LogP contribution in [0, 0.1) is 0 Å². The van der Waals surface area contributed by atoms with Gasteiger partial charge < -0.3 is 14.2 Å². The Morgan fingerprint density at radius 3 is 2.81 bits per heavy atom. The first-order valence-corrected chi connectivity index (χ1v) is 5.27. The molecule has 0 spiro atoms. The highest BCUT2D eigenvalue weighted by molar-refractivity contribution is 5.72.